The Morgan fingerprint density at radius 3 is 2.10 bits per heavy atom. The molecule has 0 saturated heterocycles. The molecule has 1 aliphatic carbocycles. The van der Waals surface area contributed by atoms with Gasteiger partial charge in [0.25, 0.3) is 10.1 Å². The van der Waals surface area contributed by atoms with Crippen molar-refractivity contribution in [2.24, 2.45) is 0 Å². The van der Waals surface area contributed by atoms with E-state index in [0.29, 0.717) is 22.4 Å². The first-order valence-electron chi connectivity index (χ1n) is 10.1. The molecule has 4 N–H and O–H groups in total. The third-order valence-corrected chi connectivity index (χ3v) is 6.22. The van der Waals surface area contributed by atoms with Gasteiger partial charge in [-0.05, 0) is 79.5 Å². The molecule has 0 atom stereocenters. The first-order chi connectivity index (χ1) is 14.7. The van der Waals surface area contributed by atoms with Gasteiger partial charge in [0.05, 0.1) is 0 Å². The van der Waals surface area contributed by atoms with E-state index in [4.69, 9.17) is 5.73 Å². The van der Waals surface area contributed by atoms with Crippen LogP contribution in [0.1, 0.15) is 30.5 Å². The summed E-state index contributed by atoms with van der Waals surface area (Å²) >= 11 is 0. The molecule has 7 heteroatoms. The summed E-state index contributed by atoms with van der Waals surface area (Å²) in [6, 6.07) is 9.67. The summed E-state index contributed by atoms with van der Waals surface area (Å²) in [5, 5.41) is 10.3. The van der Waals surface area contributed by atoms with Crippen LogP contribution in [-0.2, 0) is 10.1 Å². The number of hydrogen-bond donors (Lipinski definition) is 3. The van der Waals surface area contributed by atoms with Crippen LogP contribution in [0.3, 0.4) is 0 Å². The number of allylic oxidation sites excluding steroid dienone is 5. The third-order valence-electron chi connectivity index (χ3n) is 5.33. The number of nitrogens with two attached hydrogens (primary N) is 1. The maximum atomic E-state index is 12.2. The van der Waals surface area contributed by atoms with Gasteiger partial charge in [0.1, 0.15) is 23.7 Å². The SMILES string of the molecule is CC[N+](CC)=C1C=CC(=C(c2ccc(N)cc2)c2cc(O)c(C)cc2S(=O)(=O)O)C=C1. The van der Waals surface area contributed by atoms with E-state index in [1.807, 2.05) is 24.3 Å². The Balaban J connectivity index is 2.34. The van der Waals surface area contributed by atoms with E-state index in [0.717, 1.165) is 24.4 Å². The number of phenolic OH excluding ortho intramolecular Hbond substituents is 1. The minimum Gasteiger partial charge on any atom is -0.508 e. The van der Waals surface area contributed by atoms with Crippen LogP contribution in [0.5, 0.6) is 5.75 Å². The molecule has 0 saturated carbocycles. The maximum Gasteiger partial charge on any atom is 0.295 e. The van der Waals surface area contributed by atoms with Crippen molar-refractivity contribution in [2.45, 2.75) is 25.7 Å². The predicted molar refractivity (Wildman–Crippen MR) is 124 cm³/mol. The summed E-state index contributed by atoms with van der Waals surface area (Å²) in [7, 11) is -4.54. The van der Waals surface area contributed by atoms with Crippen LogP contribution < -0.4 is 5.73 Å². The van der Waals surface area contributed by atoms with E-state index in [2.05, 4.69) is 18.4 Å². The van der Waals surface area contributed by atoms with Crippen molar-refractivity contribution < 1.29 is 22.7 Å². The number of nitrogen functional groups attached to an aromatic ring is 1. The zero-order chi connectivity index (χ0) is 22.8. The molecule has 1 aliphatic rings. The molecular weight excluding hydrogens is 412 g/mol. The van der Waals surface area contributed by atoms with Crippen molar-refractivity contribution in [3.8, 4) is 5.75 Å². The summed E-state index contributed by atoms with van der Waals surface area (Å²) in [6.45, 7) is 7.47. The zero-order valence-electron chi connectivity index (χ0n) is 17.8. The molecule has 2 aromatic rings. The molecule has 0 unspecified atom stereocenters. The Bertz CT molecular complexity index is 1210. The molecule has 31 heavy (non-hydrogen) atoms. The number of aryl methyl sites for hydroxylation is 1. The largest absolute Gasteiger partial charge is 0.508 e. The Hall–Kier alpha value is -3.16. The molecule has 0 aromatic heterocycles. The average molecular weight is 440 g/mol. The number of hydrogen-bond acceptors (Lipinski definition) is 4. The van der Waals surface area contributed by atoms with E-state index in [1.54, 1.807) is 31.2 Å². The topological polar surface area (TPSA) is 104 Å². The van der Waals surface area contributed by atoms with Crippen LogP contribution in [0.4, 0.5) is 5.69 Å². The lowest BCUT2D eigenvalue weighted by Gasteiger charge is -2.17. The molecule has 162 valence electrons. The Morgan fingerprint density at radius 2 is 1.58 bits per heavy atom. The van der Waals surface area contributed by atoms with Gasteiger partial charge in [0.15, 0.2) is 5.71 Å². The van der Waals surface area contributed by atoms with Crippen LogP contribution in [0.15, 0.2) is 71.2 Å². The number of anilines is 1. The van der Waals surface area contributed by atoms with Crippen LogP contribution in [0.25, 0.3) is 5.57 Å². The summed E-state index contributed by atoms with van der Waals surface area (Å²) in [4.78, 5) is -0.262. The van der Waals surface area contributed by atoms with E-state index in [1.165, 1.54) is 12.1 Å². The quantitative estimate of drug-likeness (QED) is 0.372. The Morgan fingerprint density at radius 1 is 1.00 bits per heavy atom. The van der Waals surface area contributed by atoms with Crippen molar-refractivity contribution in [1.29, 1.82) is 0 Å². The molecule has 0 aliphatic heterocycles. The van der Waals surface area contributed by atoms with E-state index < -0.39 is 10.1 Å². The lowest BCUT2D eigenvalue weighted by atomic mass is 9.90. The van der Waals surface area contributed by atoms with Gasteiger partial charge in [0.2, 0.25) is 0 Å². The van der Waals surface area contributed by atoms with E-state index >= 15 is 0 Å². The second-order valence-electron chi connectivity index (χ2n) is 7.33. The summed E-state index contributed by atoms with van der Waals surface area (Å²) < 4.78 is 36.5. The normalized spacial score (nSPS) is 13.5. The fourth-order valence-electron chi connectivity index (χ4n) is 3.63. The molecule has 6 nitrogen and oxygen atoms in total. The minimum absolute atomic E-state index is 0.0601. The van der Waals surface area contributed by atoms with Gasteiger partial charge in [-0.2, -0.15) is 8.42 Å². The van der Waals surface area contributed by atoms with Gasteiger partial charge < -0.3 is 10.8 Å². The summed E-state index contributed by atoms with van der Waals surface area (Å²) in [5.74, 6) is -0.0601. The molecule has 0 fully saturated rings. The van der Waals surface area contributed by atoms with Crippen LogP contribution in [0, 0.1) is 6.92 Å². The fraction of sp³-hybridized carbons (Fsp3) is 0.208. The zero-order valence-corrected chi connectivity index (χ0v) is 18.6. The Labute approximate surface area is 183 Å². The second-order valence-corrected chi connectivity index (χ2v) is 8.72. The second kappa shape index (κ2) is 8.91. The lowest BCUT2D eigenvalue weighted by Crippen LogP contribution is -2.19. The number of rotatable bonds is 5. The van der Waals surface area contributed by atoms with Gasteiger partial charge in [0, 0.05) is 23.4 Å². The highest BCUT2D eigenvalue weighted by atomic mass is 32.2. The van der Waals surface area contributed by atoms with Gasteiger partial charge in [-0.1, -0.05) is 12.1 Å². The minimum atomic E-state index is -4.54. The van der Waals surface area contributed by atoms with E-state index in [9.17, 15) is 18.1 Å². The van der Waals surface area contributed by atoms with Gasteiger partial charge in [-0.15, -0.1) is 0 Å². The molecular formula is C24H27N2O4S+. The molecule has 0 heterocycles. The third kappa shape index (κ3) is 4.78. The van der Waals surface area contributed by atoms with Gasteiger partial charge in [-0.3, -0.25) is 4.55 Å². The highest BCUT2D eigenvalue weighted by Gasteiger charge is 2.23. The van der Waals surface area contributed by atoms with Gasteiger partial charge in [-0.25, -0.2) is 4.58 Å². The van der Waals surface area contributed by atoms with E-state index in [-0.39, 0.29) is 16.2 Å². The summed E-state index contributed by atoms with van der Waals surface area (Å²) in [6.07, 6.45) is 7.76. The van der Waals surface area contributed by atoms with Gasteiger partial charge >= 0.3 is 0 Å². The predicted octanol–water partition coefficient (Wildman–Crippen LogP) is 3.95. The van der Waals surface area contributed by atoms with Crippen LogP contribution >= 0.6 is 0 Å². The highest BCUT2D eigenvalue weighted by molar-refractivity contribution is 7.86. The lowest BCUT2D eigenvalue weighted by molar-refractivity contribution is -0.519. The van der Waals surface area contributed by atoms with Crippen molar-refractivity contribution in [3.63, 3.8) is 0 Å². The first kappa shape index (κ1) is 22.5. The van der Waals surface area contributed by atoms with Crippen LogP contribution in [-0.4, -0.2) is 41.5 Å². The maximum absolute atomic E-state index is 12.2. The van der Waals surface area contributed by atoms with Crippen LogP contribution in [0.2, 0.25) is 0 Å². The number of benzene rings is 2. The standard InChI is InChI=1S/C24H26N2O4S/c1-4-26(5-2)20-12-8-18(9-13-20)24(17-6-10-19(25)11-7-17)21-15-22(27)16(3)14-23(21)31(28,29)30/h6-15,25H,4-5H2,1-3H3,(H2,27,28,29,30)/p+1. The van der Waals surface area contributed by atoms with Crippen molar-refractivity contribution in [2.75, 3.05) is 18.8 Å². The molecule has 0 spiro atoms. The average Bonchev–Trinajstić information content (AvgIpc) is 2.73. The molecule has 0 radical (unpaired) electrons. The summed E-state index contributed by atoms with van der Waals surface area (Å²) in [5.41, 5.74) is 10.0. The number of aromatic hydroxyl groups is 1. The smallest absolute Gasteiger partial charge is 0.295 e. The fourth-order valence-corrected chi connectivity index (χ4v) is 4.40. The van der Waals surface area contributed by atoms with Crippen molar-refractivity contribution in [3.05, 3.63) is 83.0 Å². The monoisotopic (exact) mass is 439 g/mol. The number of phenols is 1. The molecule has 2 aromatic carbocycles. The highest BCUT2D eigenvalue weighted by Crippen LogP contribution is 2.37. The molecule has 0 bridgehead atoms. The number of nitrogens with zero attached hydrogens (tertiary/aromatic N) is 1. The first-order valence-corrected chi connectivity index (χ1v) is 11.5. The van der Waals surface area contributed by atoms with Crippen molar-refractivity contribution >= 4 is 27.1 Å². The molecule has 3 rings (SSSR count). The molecule has 0 amide bonds. The van der Waals surface area contributed by atoms with Crippen molar-refractivity contribution in [1.82, 2.24) is 0 Å². The Kier molecular flexibility index (Phi) is 6.48.